The fourth-order valence-corrected chi connectivity index (χ4v) is 3.78. The first-order valence-electron chi connectivity index (χ1n) is 10.5. The lowest BCUT2D eigenvalue weighted by Gasteiger charge is -2.33. The number of methoxy groups -OCH3 is 1. The highest BCUT2D eigenvalue weighted by Gasteiger charge is 2.19. The number of guanidine groups is 1. The molecule has 3 N–H and O–H groups in total. The zero-order valence-corrected chi connectivity index (χ0v) is 17.4. The smallest absolute Gasteiger partial charge is 0.251 e. The Morgan fingerprint density at radius 1 is 1.13 bits per heavy atom. The largest absolute Gasteiger partial charge is 0.381 e. The van der Waals surface area contributed by atoms with Crippen LogP contribution in [0.5, 0.6) is 0 Å². The standard InChI is InChI=1S/C23H29N5O2/c1-30-21-10-14-28(15-11-21)20-8-4-18(5-9-20)22(29)26-16-17-2-6-19(7-3-17)27-23-24-12-13-25-23/h2-9,21H,10-16H2,1H3,(H,26,29)(H2,24,25,27). The van der Waals surface area contributed by atoms with E-state index >= 15 is 0 Å². The average Bonchev–Trinajstić information content (AvgIpc) is 3.32. The molecule has 1 saturated heterocycles. The molecule has 30 heavy (non-hydrogen) atoms. The number of carbonyl (C=O) groups is 1. The minimum absolute atomic E-state index is 0.0636. The van der Waals surface area contributed by atoms with Gasteiger partial charge in [0.15, 0.2) is 5.96 Å². The SMILES string of the molecule is COC1CCN(c2ccc(C(=O)NCc3ccc(NC4=NCCN4)cc3)cc2)CC1. The molecule has 2 aromatic rings. The molecule has 2 aliphatic rings. The van der Waals surface area contributed by atoms with Gasteiger partial charge in [-0.2, -0.15) is 0 Å². The predicted molar refractivity (Wildman–Crippen MR) is 120 cm³/mol. The molecule has 0 bridgehead atoms. The van der Waals surface area contributed by atoms with Crippen LogP contribution in [0.25, 0.3) is 0 Å². The molecule has 2 aromatic carbocycles. The summed E-state index contributed by atoms with van der Waals surface area (Å²) >= 11 is 0. The molecule has 0 aliphatic carbocycles. The monoisotopic (exact) mass is 407 g/mol. The van der Waals surface area contributed by atoms with Gasteiger partial charge in [-0.15, -0.1) is 0 Å². The molecular weight excluding hydrogens is 378 g/mol. The lowest BCUT2D eigenvalue weighted by Crippen LogP contribution is -2.36. The Labute approximate surface area is 177 Å². The molecule has 0 atom stereocenters. The molecule has 0 unspecified atom stereocenters. The van der Waals surface area contributed by atoms with Gasteiger partial charge in [-0.3, -0.25) is 9.79 Å². The highest BCUT2D eigenvalue weighted by atomic mass is 16.5. The predicted octanol–water partition coefficient (Wildman–Crippen LogP) is 2.60. The van der Waals surface area contributed by atoms with E-state index in [4.69, 9.17) is 4.74 Å². The van der Waals surface area contributed by atoms with Crippen LogP contribution in [0.3, 0.4) is 0 Å². The molecule has 0 saturated carbocycles. The fraction of sp³-hybridized carbons (Fsp3) is 0.391. The van der Waals surface area contributed by atoms with E-state index in [-0.39, 0.29) is 5.91 Å². The van der Waals surface area contributed by atoms with E-state index in [2.05, 4.69) is 25.8 Å². The third kappa shape index (κ3) is 5.10. The summed E-state index contributed by atoms with van der Waals surface area (Å²) in [7, 11) is 1.78. The number of nitrogens with zero attached hydrogens (tertiary/aromatic N) is 2. The van der Waals surface area contributed by atoms with Crippen molar-refractivity contribution >= 4 is 23.2 Å². The number of hydrogen-bond donors (Lipinski definition) is 3. The summed E-state index contributed by atoms with van der Waals surface area (Å²) in [5.41, 5.74) is 3.86. The van der Waals surface area contributed by atoms with Gasteiger partial charge in [0.1, 0.15) is 0 Å². The molecule has 158 valence electrons. The van der Waals surface area contributed by atoms with Crippen LogP contribution in [0.1, 0.15) is 28.8 Å². The van der Waals surface area contributed by atoms with Crippen molar-refractivity contribution in [2.45, 2.75) is 25.5 Å². The third-order valence-corrected chi connectivity index (χ3v) is 5.61. The zero-order valence-electron chi connectivity index (χ0n) is 17.4. The third-order valence-electron chi connectivity index (χ3n) is 5.61. The van der Waals surface area contributed by atoms with Crippen molar-refractivity contribution in [3.05, 3.63) is 59.7 Å². The minimum Gasteiger partial charge on any atom is -0.381 e. The molecule has 0 aromatic heterocycles. The van der Waals surface area contributed by atoms with Crippen molar-refractivity contribution in [3.8, 4) is 0 Å². The maximum Gasteiger partial charge on any atom is 0.251 e. The van der Waals surface area contributed by atoms with E-state index in [0.717, 1.165) is 61.9 Å². The van der Waals surface area contributed by atoms with Crippen molar-refractivity contribution in [3.63, 3.8) is 0 Å². The molecule has 7 heteroatoms. The number of piperidine rings is 1. The molecule has 7 nitrogen and oxygen atoms in total. The van der Waals surface area contributed by atoms with Crippen molar-refractivity contribution in [2.24, 2.45) is 4.99 Å². The Balaban J connectivity index is 1.26. The second kappa shape index (κ2) is 9.63. The van der Waals surface area contributed by atoms with Crippen LogP contribution in [-0.2, 0) is 11.3 Å². The van der Waals surface area contributed by atoms with Crippen LogP contribution in [-0.4, -0.2) is 51.3 Å². The summed E-state index contributed by atoms with van der Waals surface area (Å²) in [5.74, 6) is 0.744. The summed E-state index contributed by atoms with van der Waals surface area (Å²) in [6, 6.07) is 15.8. The lowest BCUT2D eigenvalue weighted by molar-refractivity contribution is 0.0819. The van der Waals surface area contributed by atoms with Crippen LogP contribution >= 0.6 is 0 Å². The van der Waals surface area contributed by atoms with Gasteiger partial charge in [-0.1, -0.05) is 12.1 Å². The maximum atomic E-state index is 12.5. The molecule has 2 heterocycles. The Morgan fingerprint density at radius 3 is 2.50 bits per heavy atom. The van der Waals surface area contributed by atoms with Crippen LogP contribution in [0.2, 0.25) is 0 Å². The van der Waals surface area contributed by atoms with Crippen molar-refractivity contribution in [1.82, 2.24) is 10.6 Å². The van der Waals surface area contributed by atoms with Crippen LogP contribution in [0.4, 0.5) is 11.4 Å². The Hall–Kier alpha value is -3.06. The molecule has 2 aliphatic heterocycles. The topological polar surface area (TPSA) is 78.0 Å². The first kappa shape index (κ1) is 20.2. The second-order valence-corrected chi connectivity index (χ2v) is 7.63. The zero-order chi connectivity index (χ0) is 20.8. The van der Waals surface area contributed by atoms with Gasteiger partial charge in [0, 0.05) is 50.2 Å². The van der Waals surface area contributed by atoms with Crippen LogP contribution in [0, 0.1) is 0 Å². The van der Waals surface area contributed by atoms with Gasteiger partial charge in [-0.05, 0) is 54.8 Å². The Kier molecular flexibility index (Phi) is 6.49. The number of anilines is 2. The number of amides is 1. The molecule has 0 spiro atoms. The van der Waals surface area contributed by atoms with Gasteiger partial charge >= 0.3 is 0 Å². The van der Waals surface area contributed by atoms with Crippen LogP contribution < -0.4 is 20.9 Å². The number of hydrogen-bond acceptors (Lipinski definition) is 6. The lowest BCUT2D eigenvalue weighted by atomic mass is 10.1. The van der Waals surface area contributed by atoms with Gasteiger partial charge in [0.05, 0.1) is 12.6 Å². The summed E-state index contributed by atoms with van der Waals surface area (Å²) in [6.45, 7) is 4.14. The number of benzene rings is 2. The van der Waals surface area contributed by atoms with E-state index in [0.29, 0.717) is 18.2 Å². The molecule has 4 rings (SSSR count). The van der Waals surface area contributed by atoms with Crippen molar-refractivity contribution in [2.75, 3.05) is 43.5 Å². The van der Waals surface area contributed by atoms with Gasteiger partial charge in [0.25, 0.3) is 5.91 Å². The maximum absolute atomic E-state index is 12.5. The first-order valence-corrected chi connectivity index (χ1v) is 10.5. The number of rotatable bonds is 6. The van der Waals surface area contributed by atoms with Crippen LogP contribution in [0.15, 0.2) is 53.5 Å². The van der Waals surface area contributed by atoms with Gasteiger partial charge < -0.3 is 25.6 Å². The number of ether oxygens (including phenoxy) is 1. The fourth-order valence-electron chi connectivity index (χ4n) is 3.78. The molecule has 1 fully saturated rings. The van der Waals surface area contributed by atoms with Gasteiger partial charge in [0.2, 0.25) is 0 Å². The first-order chi connectivity index (χ1) is 14.7. The van der Waals surface area contributed by atoms with Crippen molar-refractivity contribution in [1.29, 1.82) is 0 Å². The van der Waals surface area contributed by atoms with E-state index in [9.17, 15) is 4.79 Å². The number of carbonyl (C=O) groups excluding carboxylic acids is 1. The highest BCUT2D eigenvalue weighted by molar-refractivity contribution is 5.95. The number of nitrogens with one attached hydrogen (secondary N) is 3. The van der Waals surface area contributed by atoms with E-state index in [1.807, 2.05) is 48.5 Å². The Bertz CT molecular complexity index is 871. The summed E-state index contributed by atoms with van der Waals surface area (Å²) < 4.78 is 5.43. The summed E-state index contributed by atoms with van der Waals surface area (Å²) in [4.78, 5) is 19.2. The van der Waals surface area contributed by atoms with Crippen molar-refractivity contribution < 1.29 is 9.53 Å². The molecule has 0 radical (unpaired) electrons. The average molecular weight is 408 g/mol. The molecule has 1 amide bonds. The molecular formula is C23H29N5O2. The summed E-state index contributed by atoms with van der Waals surface area (Å²) in [6.07, 6.45) is 2.44. The van der Waals surface area contributed by atoms with E-state index < -0.39 is 0 Å². The summed E-state index contributed by atoms with van der Waals surface area (Å²) in [5, 5.41) is 9.41. The minimum atomic E-state index is -0.0636. The number of aliphatic imine (C=N–C) groups is 1. The van der Waals surface area contributed by atoms with E-state index in [1.54, 1.807) is 7.11 Å². The van der Waals surface area contributed by atoms with E-state index in [1.165, 1.54) is 0 Å². The highest BCUT2D eigenvalue weighted by Crippen LogP contribution is 2.21. The second-order valence-electron chi connectivity index (χ2n) is 7.63. The Morgan fingerprint density at radius 2 is 1.87 bits per heavy atom. The quantitative estimate of drug-likeness (QED) is 0.686. The normalized spacial score (nSPS) is 16.7. The van der Waals surface area contributed by atoms with Gasteiger partial charge in [-0.25, -0.2) is 0 Å².